The van der Waals surface area contributed by atoms with E-state index in [-0.39, 0.29) is 11.4 Å². The van der Waals surface area contributed by atoms with Crippen molar-refractivity contribution in [2.45, 2.75) is 26.2 Å². The molecule has 4 rings (SSSR count). The molecule has 1 amide bonds. The normalized spacial score (nSPS) is 15.9. The molecule has 0 aromatic heterocycles. The first-order chi connectivity index (χ1) is 17.5. The Labute approximate surface area is 214 Å². The molecule has 0 atom stereocenters. The van der Waals surface area contributed by atoms with Gasteiger partial charge in [0.2, 0.25) is 5.17 Å². The molecule has 0 saturated heterocycles. The molecule has 8 nitrogen and oxygen atoms in total. The standard InChI is InChI=1S/C27H28N4O4S/c1-4-6-18-10-13-22(23(17-18)33-3)35-15-14-34-20-11-8-19(9-12-20)16-21-25(28)31-27(29-26(21)32)36-24(30-31)7-5-2/h4,8-13,16-17,28H,1,5-7,14-15H2,2-3H3. The summed E-state index contributed by atoms with van der Waals surface area (Å²) in [6.45, 7) is 6.52. The summed E-state index contributed by atoms with van der Waals surface area (Å²) in [5.74, 6) is 1.60. The number of methoxy groups -OCH3 is 1. The summed E-state index contributed by atoms with van der Waals surface area (Å²) in [6.07, 6.45) is 5.99. The highest BCUT2D eigenvalue weighted by molar-refractivity contribution is 8.26. The summed E-state index contributed by atoms with van der Waals surface area (Å²) < 4.78 is 17.0. The van der Waals surface area contributed by atoms with Crippen LogP contribution in [-0.4, -0.2) is 47.3 Å². The number of amidine groups is 2. The number of hydrazone groups is 1. The molecular weight excluding hydrogens is 476 g/mol. The van der Waals surface area contributed by atoms with Gasteiger partial charge < -0.3 is 14.2 Å². The van der Waals surface area contributed by atoms with Gasteiger partial charge >= 0.3 is 0 Å². The van der Waals surface area contributed by atoms with Crippen molar-refractivity contribution >= 4 is 39.8 Å². The maximum Gasteiger partial charge on any atom is 0.283 e. The zero-order valence-corrected chi connectivity index (χ0v) is 21.1. The van der Waals surface area contributed by atoms with Crippen molar-refractivity contribution in [1.82, 2.24) is 5.01 Å². The molecule has 0 aliphatic carbocycles. The number of thioether (sulfide) groups is 1. The Kier molecular flexibility index (Phi) is 8.22. The fraction of sp³-hybridized carbons (Fsp3) is 0.259. The highest BCUT2D eigenvalue weighted by Gasteiger charge is 2.35. The van der Waals surface area contributed by atoms with Crippen molar-refractivity contribution in [3.8, 4) is 17.2 Å². The minimum atomic E-state index is -0.433. The van der Waals surface area contributed by atoms with Gasteiger partial charge in [-0.2, -0.15) is 15.1 Å². The summed E-state index contributed by atoms with van der Waals surface area (Å²) >= 11 is 1.35. The van der Waals surface area contributed by atoms with E-state index in [0.29, 0.717) is 35.6 Å². The third kappa shape index (κ3) is 5.85. The number of carbonyl (C=O) groups is 1. The Morgan fingerprint density at radius 2 is 1.89 bits per heavy atom. The number of hydrogen-bond acceptors (Lipinski definition) is 7. The van der Waals surface area contributed by atoms with Crippen molar-refractivity contribution in [2.75, 3.05) is 20.3 Å². The monoisotopic (exact) mass is 504 g/mol. The van der Waals surface area contributed by atoms with Crippen LogP contribution in [0.1, 0.15) is 30.9 Å². The smallest absolute Gasteiger partial charge is 0.283 e. The van der Waals surface area contributed by atoms with Crippen LogP contribution in [0.3, 0.4) is 0 Å². The molecule has 1 N–H and O–H groups in total. The average molecular weight is 505 g/mol. The first-order valence-electron chi connectivity index (χ1n) is 11.6. The summed E-state index contributed by atoms with van der Waals surface area (Å²) in [4.78, 5) is 16.6. The Hall–Kier alpha value is -3.85. The molecule has 36 heavy (non-hydrogen) atoms. The van der Waals surface area contributed by atoms with Crippen LogP contribution in [0.2, 0.25) is 0 Å². The van der Waals surface area contributed by atoms with E-state index in [1.54, 1.807) is 13.2 Å². The highest BCUT2D eigenvalue weighted by Crippen LogP contribution is 2.30. The molecule has 0 unspecified atom stereocenters. The van der Waals surface area contributed by atoms with E-state index in [1.807, 2.05) is 48.5 Å². The van der Waals surface area contributed by atoms with E-state index in [1.165, 1.54) is 16.8 Å². The zero-order valence-electron chi connectivity index (χ0n) is 20.3. The van der Waals surface area contributed by atoms with Crippen LogP contribution in [-0.2, 0) is 11.2 Å². The largest absolute Gasteiger partial charge is 0.493 e. The number of hydrogen-bond donors (Lipinski definition) is 1. The van der Waals surface area contributed by atoms with Crippen LogP contribution < -0.4 is 14.2 Å². The van der Waals surface area contributed by atoms with Gasteiger partial charge in [-0.3, -0.25) is 10.2 Å². The van der Waals surface area contributed by atoms with Crippen molar-refractivity contribution in [3.63, 3.8) is 0 Å². The number of allylic oxidation sites excluding steroid dienone is 1. The molecule has 2 aliphatic rings. The summed E-state index contributed by atoms with van der Waals surface area (Å²) in [5, 5.41) is 15.6. The number of nitrogens with one attached hydrogen (secondary N) is 1. The van der Waals surface area contributed by atoms with Crippen LogP contribution in [0.4, 0.5) is 0 Å². The van der Waals surface area contributed by atoms with E-state index in [2.05, 4.69) is 23.6 Å². The number of benzene rings is 2. The van der Waals surface area contributed by atoms with Crippen LogP contribution in [0.25, 0.3) is 6.08 Å². The van der Waals surface area contributed by atoms with E-state index in [0.717, 1.165) is 35.4 Å². The zero-order chi connectivity index (χ0) is 25.5. The highest BCUT2D eigenvalue weighted by atomic mass is 32.2. The fourth-order valence-corrected chi connectivity index (χ4v) is 4.60. The van der Waals surface area contributed by atoms with Crippen molar-refractivity contribution < 1.29 is 19.0 Å². The minimum Gasteiger partial charge on any atom is -0.493 e. The first-order valence-corrected chi connectivity index (χ1v) is 12.5. The minimum absolute atomic E-state index is 0.0361. The molecule has 2 aromatic carbocycles. The maximum absolute atomic E-state index is 12.5. The summed E-state index contributed by atoms with van der Waals surface area (Å²) in [7, 11) is 1.61. The lowest BCUT2D eigenvalue weighted by atomic mass is 10.1. The molecule has 2 heterocycles. The van der Waals surface area contributed by atoms with Gasteiger partial charge in [-0.15, -0.1) is 6.58 Å². The second kappa shape index (κ2) is 11.7. The molecule has 186 valence electrons. The predicted molar refractivity (Wildman–Crippen MR) is 144 cm³/mol. The number of rotatable bonds is 11. The van der Waals surface area contributed by atoms with Crippen molar-refractivity contribution in [3.05, 3.63) is 71.8 Å². The van der Waals surface area contributed by atoms with Gasteiger partial charge in [0.25, 0.3) is 5.91 Å². The quantitative estimate of drug-likeness (QED) is 0.253. The predicted octanol–water partition coefficient (Wildman–Crippen LogP) is 5.30. The topological polar surface area (TPSA) is 96.6 Å². The number of amides is 1. The van der Waals surface area contributed by atoms with Crippen LogP contribution >= 0.6 is 11.8 Å². The third-order valence-corrected chi connectivity index (χ3v) is 6.34. The molecular formula is C27H28N4O4S. The second-order valence-electron chi connectivity index (χ2n) is 8.01. The number of ether oxygens (including phenoxy) is 3. The van der Waals surface area contributed by atoms with Crippen molar-refractivity contribution in [1.29, 1.82) is 5.41 Å². The van der Waals surface area contributed by atoms with Crippen LogP contribution in [0.15, 0.2) is 70.8 Å². The van der Waals surface area contributed by atoms with Crippen molar-refractivity contribution in [2.24, 2.45) is 10.1 Å². The van der Waals surface area contributed by atoms with Crippen LogP contribution in [0.5, 0.6) is 17.2 Å². The molecule has 0 saturated carbocycles. The summed E-state index contributed by atoms with van der Waals surface area (Å²) in [5.41, 5.74) is 2.07. The van der Waals surface area contributed by atoms with Crippen LogP contribution in [0, 0.1) is 5.41 Å². The number of fused-ring (bicyclic) bond motifs is 1. The van der Waals surface area contributed by atoms with Gasteiger partial charge in [-0.1, -0.05) is 31.2 Å². The Morgan fingerprint density at radius 1 is 1.11 bits per heavy atom. The third-order valence-electron chi connectivity index (χ3n) is 5.37. The first kappa shape index (κ1) is 25.2. The lowest BCUT2D eigenvalue weighted by molar-refractivity contribution is -0.114. The van der Waals surface area contributed by atoms with Gasteiger partial charge in [0.15, 0.2) is 17.3 Å². The molecule has 0 radical (unpaired) electrons. The summed E-state index contributed by atoms with van der Waals surface area (Å²) in [6, 6.07) is 13.1. The number of aliphatic imine (C=N–C) groups is 1. The van der Waals surface area contributed by atoms with Gasteiger partial charge in [0, 0.05) is 0 Å². The lowest BCUT2D eigenvalue weighted by Gasteiger charge is -2.20. The Bertz CT molecular complexity index is 1250. The molecule has 2 aliphatic heterocycles. The van der Waals surface area contributed by atoms with E-state index in [9.17, 15) is 4.79 Å². The molecule has 0 fully saturated rings. The Balaban J connectivity index is 1.33. The lowest BCUT2D eigenvalue weighted by Crippen LogP contribution is -2.35. The van der Waals surface area contributed by atoms with E-state index < -0.39 is 5.91 Å². The average Bonchev–Trinajstić information content (AvgIpc) is 3.28. The van der Waals surface area contributed by atoms with E-state index in [4.69, 9.17) is 19.6 Å². The van der Waals surface area contributed by atoms with Gasteiger partial charge in [0.1, 0.15) is 24.0 Å². The van der Waals surface area contributed by atoms with Gasteiger partial charge in [-0.25, -0.2) is 0 Å². The second-order valence-corrected chi connectivity index (χ2v) is 9.05. The molecule has 2 aromatic rings. The maximum atomic E-state index is 12.5. The number of carbonyl (C=O) groups excluding carboxylic acids is 1. The molecule has 9 heteroatoms. The SMILES string of the molecule is C=CCc1ccc(OCCOc2ccc(C=C3C(=N)N4N=C(CCC)SC4=NC3=O)cc2)c(OC)c1. The Morgan fingerprint density at radius 3 is 2.61 bits per heavy atom. The van der Waals surface area contributed by atoms with E-state index >= 15 is 0 Å². The molecule has 0 bridgehead atoms. The molecule has 0 spiro atoms. The van der Waals surface area contributed by atoms with Gasteiger partial charge in [0.05, 0.1) is 12.7 Å². The fourth-order valence-electron chi connectivity index (χ4n) is 3.61. The van der Waals surface area contributed by atoms with Gasteiger partial charge in [-0.05, 0) is 72.5 Å². The number of nitrogens with zero attached hydrogens (tertiary/aromatic N) is 3.